The average Bonchev–Trinajstić information content (AvgIpc) is 2.81. The van der Waals surface area contributed by atoms with Gasteiger partial charge in [-0.2, -0.15) is 0 Å². The van der Waals surface area contributed by atoms with Crippen molar-refractivity contribution in [3.05, 3.63) is 18.2 Å². The fourth-order valence-corrected chi connectivity index (χ4v) is 2.46. The highest BCUT2D eigenvalue weighted by Gasteiger charge is 2.22. The highest BCUT2D eigenvalue weighted by atomic mass is 16.4. The van der Waals surface area contributed by atoms with Crippen molar-refractivity contribution in [3.8, 4) is 0 Å². The van der Waals surface area contributed by atoms with Crippen molar-refractivity contribution in [2.45, 2.75) is 6.92 Å². The molecule has 106 valence electrons. The van der Waals surface area contributed by atoms with Crippen molar-refractivity contribution >= 4 is 17.4 Å². The fraction of sp³-hybridized carbons (Fsp3) is 0.500. The first-order chi connectivity index (χ1) is 9.65. The predicted molar refractivity (Wildman–Crippen MR) is 71.8 cm³/mol. The second-order valence-electron chi connectivity index (χ2n) is 4.85. The van der Waals surface area contributed by atoms with E-state index in [0.29, 0.717) is 13.1 Å². The molecule has 0 bridgehead atoms. The molecular formula is C12H16N6O2. The minimum Gasteiger partial charge on any atom is -0.480 e. The maximum Gasteiger partial charge on any atom is 0.317 e. The fourth-order valence-electron chi connectivity index (χ4n) is 2.46. The summed E-state index contributed by atoms with van der Waals surface area (Å²) in [6.07, 6.45) is 3.58. The van der Waals surface area contributed by atoms with Gasteiger partial charge >= 0.3 is 5.97 Å². The van der Waals surface area contributed by atoms with Gasteiger partial charge in [-0.15, -0.1) is 10.2 Å². The summed E-state index contributed by atoms with van der Waals surface area (Å²) in [5, 5.41) is 17.0. The van der Waals surface area contributed by atoms with E-state index in [4.69, 9.17) is 5.11 Å². The lowest BCUT2D eigenvalue weighted by Crippen LogP contribution is -2.48. The monoisotopic (exact) mass is 276 g/mol. The van der Waals surface area contributed by atoms with E-state index in [-0.39, 0.29) is 6.54 Å². The van der Waals surface area contributed by atoms with Crippen molar-refractivity contribution in [2.75, 3.05) is 37.6 Å². The molecule has 0 radical (unpaired) electrons. The molecule has 1 N–H and O–H groups in total. The van der Waals surface area contributed by atoms with Crippen LogP contribution in [0.5, 0.6) is 0 Å². The van der Waals surface area contributed by atoms with Crippen LogP contribution in [0.25, 0.3) is 5.65 Å². The van der Waals surface area contributed by atoms with E-state index in [2.05, 4.69) is 20.1 Å². The van der Waals surface area contributed by atoms with Gasteiger partial charge in [-0.3, -0.25) is 14.1 Å². The molecule has 0 aromatic carbocycles. The molecule has 2 aromatic rings. The number of carboxylic acid groups (broad SMARTS) is 1. The molecule has 1 aliphatic heterocycles. The van der Waals surface area contributed by atoms with Gasteiger partial charge in [0.05, 0.1) is 6.54 Å². The second-order valence-corrected chi connectivity index (χ2v) is 4.85. The minimum absolute atomic E-state index is 0.0928. The minimum atomic E-state index is -0.785. The molecule has 0 unspecified atom stereocenters. The summed E-state index contributed by atoms with van der Waals surface area (Å²) in [7, 11) is 0. The van der Waals surface area contributed by atoms with Crippen molar-refractivity contribution in [1.29, 1.82) is 0 Å². The van der Waals surface area contributed by atoms with Gasteiger partial charge in [0.15, 0.2) is 5.82 Å². The lowest BCUT2D eigenvalue weighted by atomic mass is 10.3. The van der Waals surface area contributed by atoms with E-state index in [0.717, 1.165) is 30.4 Å². The zero-order chi connectivity index (χ0) is 14.1. The van der Waals surface area contributed by atoms with Gasteiger partial charge in [0.25, 0.3) is 0 Å². The average molecular weight is 276 g/mol. The highest BCUT2D eigenvalue weighted by Crippen LogP contribution is 2.18. The summed E-state index contributed by atoms with van der Waals surface area (Å²) in [5.74, 6) is 0.850. The van der Waals surface area contributed by atoms with E-state index >= 15 is 0 Å². The Morgan fingerprint density at radius 1 is 1.30 bits per heavy atom. The van der Waals surface area contributed by atoms with E-state index < -0.39 is 5.97 Å². The first kappa shape index (κ1) is 12.8. The number of anilines is 1. The number of rotatable bonds is 3. The molecule has 0 saturated carbocycles. The molecule has 20 heavy (non-hydrogen) atoms. The maximum atomic E-state index is 10.7. The quantitative estimate of drug-likeness (QED) is 0.819. The molecule has 8 nitrogen and oxygen atoms in total. The molecule has 2 aromatic heterocycles. The van der Waals surface area contributed by atoms with Gasteiger partial charge in [-0.05, 0) is 6.92 Å². The number of piperazine rings is 1. The van der Waals surface area contributed by atoms with Gasteiger partial charge in [-0.25, -0.2) is 4.98 Å². The van der Waals surface area contributed by atoms with Gasteiger partial charge < -0.3 is 10.0 Å². The Hall–Kier alpha value is -2.22. The van der Waals surface area contributed by atoms with Crippen LogP contribution in [0.4, 0.5) is 5.82 Å². The Morgan fingerprint density at radius 2 is 2.05 bits per heavy atom. The van der Waals surface area contributed by atoms with E-state index in [1.807, 2.05) is 22.4 Å². The van der Waals surface area contributed by atoms with Gasteiger partial charge in [0.2, 0.25) is 5.65 Å². The smallest absolute Gasteiger partial charge is 0.317 e. The molecule has 0 atom stereocenters. The molecule has 1 fully saturated rings. The van der Waals surface area contributed by atoms with Crippen molar-refractivity contribution in [2.24, 2.45) is 0 Å². The molecule has 1 aliphatic rings. The number of fused-ring (bicyclic) bond motifs is 1. The predicted octanol–water partition coefficient (Wildman–Crippen LogP) is -0.361. The van der Waals surface area contributed by atoms with Crippen molar-refractivity contribution in [1.82, 2.24) is 24.5 Å². The molecule has 3 heterocycles. The van der Waals surface area contributed by atoms with Gasteiger partial charge in [-0.1, -0.05) is 0 Å². The summed E-state index contributed by atoms with van der Waals surface area (Å²) >= 11 is 0. The number of hydrogen-bond donors (Lipinski definition) is 1. The molecule has 0 aliphatic carbocycles. The molecule has 0 spiro atoms. The first-order valence-corrected chi connectivity index (χ1v) is 6.50. The Balaban J connectivity index is 1.78. The summed E-state index contributed by atoms with van der Waals surface area (Å²) in [6, 6.07) is 0. The lowest BCUT2D eigenvalue weighted by Gasteiger charge is -2.34. The first-order valence-electron chi connectivity index (χ1n) is 6.50. The number of aromatic nitrogens is 4. The zero-order valence-electron chi connectivity index (χ0n) is 11.2. The molecule has 8 heteroatoms. The van der Waals surface area contributed by atoms with Crippen LogP contribution >= 0.6 is 0 Å². The zero-order valence-corrected chi connectivity index (χ0v) is 11.2. The van der Waals surface area contributed by atoms with Crippen molar-refractivity contribution in [3.63, 3.8) is 0 Å². The Kier molecular flexibility index (Phi) is 3.23. The van der Waals surface area contributed by atoms with Gasteiger partial charge in [0.1, 0.15) is 5.82 Å². The number of nitrogens with zero attached hydrogens (tertiary/aromatic N) is 6. The third-order valence-electron chi connectivity index (χ3n) is 3.51. The maximum absolute atomic E-state index is 10.7. The van der Waals surface area contributed by atoms with Gasteiger partial charge in [0, 0.05) is 38.6 Å². The van der Waals surface area contributed by atoms with Crippen LogP contribution < -0.4 is 4.90 Å². The molecular weight excluding hydrogens is 260 g/mol. The van der Waals surface area contributed by atoms with Crippen LogP contribution in [0.15, 0.2) is 12.4 Å². The number of aryl methyl sites for hydroxylation is 1. The van der Waals surface area contributed by atoms with Crippen LogP contribution in [-0.4, -0.2) is 68.3 Å². The largest absolute Gasteiger partial charge is 0.480 e. The molecule has 0 amide bonds. The van der Waals surface area contributed by atoms with Crippen LogP contribution in [0.3, 0.4) is 0 Å². The van der Waals surface area contributed by atoms with Crippen molar-refractivity contribution < 1.29 is 9.90 Å². The molecule has 3 rings (SSSR count). The number of aliphatic carboxylic acids is 1. The van der Waals surface area contributed by atoms with E-state index in [9.17, 15) is 4.79 Å². The molecule has 1 saturated heterocycles. The topological polar surface area (TPSA) is 86.9 Å². The summed E-state index contributed by atoms with van der Waals surface area (Å²) in [4.78, 5) is 19.2. The Morgan fingerprint density at radius 3 is 2.75 bits per heavy atom. The number of hydrogen-bond acceptors (Lipinski definition) is 6. The summed E-state index contributed by atoms with van der Waals surface area (Å²) in [6.45, 7) is 4.89. The van der Waals surface area contributed by atoms with Crippen LogP contribution in [0.1, 0.15) is 5.82 Å². The lowest BCUT2D eigenvalue weighted by molar-refractivity contribution is -0.138. The Bertz CT molecular complexity index is 632. The highest BCUT2D eigenvalue weighted by molar-refractivity contribution is 5.69. The van der Waals surface area contributed by atoms with E-state index in [1.165, 1.54) is 0 Å². The van der Waals surface area contributed by atoms with Crippen LogP contribution in [0.2, 0.25) is 0 Å². The summed E-state index contributed by atoms with van der Waals surface area (Å²) in [5.41, 5.74) is 0.747. The summed E-state index contributed by atoms with van der Waals surface area (Å²) < 4.78 is 1.91. The van der Waals surface area contributed by atoms with Crippen LogP contribution in [-0.2, 0) is 4.79 Å². The number of carbonyl (C=O) groups is 1. The van der Waals surface area contributed by atoms with E-state index in [1.54, 1.807) is 6.20 Å². The van der Waals surface area contributed by atoms with Crippen LogP contribution in [0, 0.1) is 6.92 Å². The third kappa shape index (κ3) is 2.29. The second kappa shape index (κ2) is 5.04. The standard InChI is InChI=1S/C12H16N6O2/c1-9-14-15-12-11(13-2-3-18(9)12)17-6-4-16(5-7-17)8-10(19)20/h2-3H,4-8H2,1H3,(H,19,20). The SMILES string of the molecule is Cc1nnc2c(N3CCN(CC(=O)O)CC3)nccn12. The Labute approximate surface area is 115 Å². The normalized spacial score (nSPS) is 16.8. The number of carboxylic acids is 1. The third-order valence-corrected chi connectivity index (χ3v) is 3.51.